The molecule has 1 aliphatic rings. The summed E-state index contributed by atoms with van der Waals surface area (Å²) in [6, 6.07) is 15.3. The highest BCUT2D eigenvalue weighted by Gasteiger charge is 2.29. The van der Waals surface area contributed by atoms with Crippen LogP contribution in [0.25, 0.3) is 0 Å². The predicted octanol–water partition coefficient (Wildman–Crippen LogP) is 6.39. The number of thiophene rings is 1. The van der Waals surface area contributed by atoms with E-state index in [9.17, 15) is 4.79 Å². The normalized spacial score (nSPS) is 13.7. The molecule has 0 aliphatic heterocycles. The lowest BCUT2D eigenvalue weighted by molar-refractivity contribution is 0.0997. The molecule has 2 N–H and O–H groups in total. The smallest absolute Gasteiger partial charge is 0.291 e. The summed E-state index contributed by atoms with van der Waals surface area (Å²) in [7, 11) is 1.67. The van der Waals surface area contributed by atoms with E-state index in [-0.39, 0.29) is 11.9 Å². The number of hydrogen-bond acceptors (Lipinski definition) is 6. The van der Waals surface area contributed by atoms with E-state index in [0.717, 1.165) is 58.9 Å². The Hall–Kier alpha value is -3.58. The molecule has 1 aliphatic carbocycles. The van der Waals surface area contributed by atoms with Crippen molar-refractivity contribution in [2.24, 2.45) is 0 Å². The summed E-state index contributed by atoms with van der Waals surface area (Å²) >= 11 is 1.67. The minimum Gasteiger partial charge on any atom is -0.497 e. The molecule has 6 nitrogen and oxygen atoms in total. The van der Waals surface area contributed by atoms with Gasteiger partial charge in [0.2, 0.25) is 0 Å². The molecule has 34 heavy (non-hydrogen) atoms. The molecule has 174 valence electrons. The van der Waals surface area contributed by atoms with Crippen molar-refractivity contribution in [1.82, 2.24) is 4.98 Å². The van der Waals surface area contributed by atoms with Crippen LogP contribution in [-0.4, -0.2) is 18.0 Å². The molecule has 3 aromatic heterocycles. The number of benzene rings is 1. The van der Waals surface area contributed by atoms with Gasteiger partial charge in [0.05, 0.1) is 19.4 Å². The van der Waals surface area contributed by atoms with Crippen molar-refractivity contribution in [2.45, 2.75) is 38.6 Å². The second kappa shape index (κ2) is 9.73. The fourth-order valence-corrected chi connectivity index (χ4v) is 5.79. The van der Waals surface area contributed by atoms with Crippen LogP contribution in [0.4, 0.5) is 10.8 Å². The average Bonchev–Trinajstić information content (AvgIpc) is 3.51. The van der Waals surface area contributed by atoms with Gasteiger partial charge in [0.25, 0.3) is 5.91 Å². The second-order valence-electron chi connectivity index (χ2n) is 8.46. The molecule has 0 fully saturated rings. The third-order valence-electron chi connectivity index (χ3n) is 6.11. The Morgan fingerprint density at radius 1 is 1.15 bits per heavy atom. The number of nitrogens with zero attached hydrogens (tertiary/aromatic N) is 1. The summed E-state index contributed by atoms with van der Waals surface area (Å²) in [4.78, 5) is 18.8. The fraction of sp³-hybridized carbons (Fsp3) is 0.259. The molecule has 0 bridgehead atoms. The van der Waals surface area contributed by atoms with E-state index in [1.807, 2.05) is 36.5 Å². The van der Waals surface area contributed by atoms with Gasteiger partial charge in [-0.2, -0.15) is 0 Å². The van der Waals surface area contributed by atoms with Crippen LogP contribution in [0.3, 0.4) is 0 Å². The Morgan fingerprint density at radius 3 is 2.82 bits per heavy atom. The summed E-state index contributed by atoms with van der Waals surface area (Å²) in [6.07, 6.45) is 7.63. The van der Waals surface area contributed by atoms with E-state index in [1.165, 1.54) is 16.7 Å². The van der Waals surface area contributed by atoms with Crippen molar-refractivity contribution in [3.63, 3.8) is 0 Å². The van der Waals surface area contributed by atoms with Crippen molar-refractivity contribution in [2.75, 3.05) is 17.7 Å². The molecule has 0 saturated carbocycles. The van der Waals surface area contributed by atoms with E-state index in [1.54, 1.807) is 30.6 Å². The summed E-state index contributed by atoms with van der Waals surface area (Å²) in [5.41, 5.74) is 4.58. The molecule has 0 saturated heterocycles. The van der Waals surface area contributed by atoms with Crippen LogP contribution in [0.1, 0.15) is 56.6 Å². The van der Waals surface area contributed by atoms with Crippen LogP contribution in [0, 0.1) is 6.92 Å². The zero-order valence-electron chi connectivity index (χ0n) is 19.3. The van der Waals surface area contributed by atoms with Gasteiger partial charge in [-0.3, -0.25) is 4.79 Å². The number of aryl methyl sites for hydroxylation is 2. The Labute approximate surface area is 203 Å². The molecule has 0 unspecified atom stereocenters. The maximum Gasteiger partial charge on any atom is 0.291 e. The standard InChI is InChI=1S/C27H27N3O3S/c1-17-12-13-28-23(15-17)29-25(18-7-5-8-19(16-18)32-2)24-20-9-3-4-11-22(20)34-27(24)30-26(31)21-10-6-14-33-21/h5-8,10,12-16,25H,3-4,9,11H2,1-2H3,(H,28,29)(H,30,31)/t25-/m0/s1. The largest absolute Gasteiger partial charge is 0.497 e. The molecule has 7 heteroatoms. The predicted molar refractivity (Wildman–Crippen MR) is 135 cm³/mol. The number of methoxy groups -OCH3 is 1. The Balaban J connectivity index is 1.63. The van der Waals surface area contributed by atoms with Crippen molar-refractivity contribution in [3.05, 3.63) is 93.9 Å². The molecule has 1 amide bonds. The fourth-order valence-electron chi connectivity index (χ4n) is 4.47. The molecular weight excluding hydrogens is 446 g/mol. The van der Waals surface area contributed by atoms with Crippen molar-refractivity contribution in [3.8, 4) is 5.75 Å². The third-order valence-corrected chi connectivity index (χ3v) is 7.33. The van der Waals surface area contributed by atoms with E-state index in [0.29, 0.717) is 5.76 Å². The first kappa shape index (κ1) is 22.2. The minimum absolute atomic E-state index is 0.214. The SMILES string of the molecule is COc1cccc([C@H](Nc2cc(C)ccn2)c2c(NC(=O)c3ccco3)sc3c2CCCC3)c1. The highest BCUT2D eigenvalue weighted by Crippen LogP contribution is 2.44. The molecule has 5 rings (SSSR count). The van der Waals surface area contributed by atoms with Crippen molar-refractivity contribution in [1.29, 1.82) is 0 Å². The van der Waals surface area contributed by atoms with E-state index < -0.39 is 0 Å². The highest BCUT2D eigenvalue weighted by atomic mass is 32.1. The van der Waals surface area contributed by atoms with Crippen LogP contribution in [0.15, 0.2) is 65.4 Å². The Bertz CT molecular complexity index is 1300. The number of aromatic nitrogens is 1. The van der Waals surface area contributed by atoms with E-state index in [4.69, 9.17) is 9.15 Å². The molecule has 3 heterocycles. The maximum atomic E-state index is 13.0. The maximum absolute atomic E-state index is 13.0. The molecule has 4 aromatic rings. The van der Waals surface area contributed by atoms with E-state index in [2.05, 4.69) is 28.6 Å². The summed E-state index contributed by atoms with van der Waals surface area (Å²) < 4.78 is 10.9. The van der Waals surface area contributed by atoms with Gasteiger partial charge in [0, 0.05) is 16.6 Å². The molecule has 0 radical (unpaired) electrons. The number of nitrogens with one attached hydrogen (secondary N) is 2. The van der Waals surface area contributed by atoms with Gasteiger partial charge in [-0.1, -0.05) is 12.1 Å². The van der Waals surface area contributed by atoms with Gasteiger partial charge in [-0.25, -0.2) is 4.98 Å². The second-order valence-corrected chi connectivity index (χ2v) is 9.56. The average molecular weight is 474 g/mol. The van der Waals surface area contributed by atoms with Crippen LogP contribution in [0.2, 0.25) is 0 Å². The Morgan fingerprint density at radius 2 is 2.03 bits per heavy atom. The summed E-state index contributed by atoms with van der Waals surface area (Å²) in [5, 5.41) is 7.64. The molecular formula is C27H27N3O3S. The van der Waals surface area contributed by atoms with Gasteiger partial charge in [-0.05, 0) is 85.7 Å². The number of amides is 1. The zero-order chi connectivity index (χ0) is 23.5. The van der Waals surface area contributed by atoms with Crippen molar-refractivity contribution < 1.29 is 13.9 Å². The van der Waals surface area contributed by atoms with Gasteiger partial charge in [0.15, 0.2) is 5.76 Å². The first-order valence-electron chi connectivity index (χ1n) is 11.4. The minimum atomic E-state index is -0.247. The lowest BCUT2D eigenvalue weighted by Gasteiger charge is -2.24. The highest BCUT2D eigenvalue weighted by molar-refractivity contribution is 7.16. The van der Waals surface area contributed by atoms with Gasteiger partial charge in [-0.15, -0.1) is 11.3 Å². The molecule has 1 atom stereocenters. The molecule has 1 aromatic carbocycles. The van der Waals surface area contributed by atoms with Crippen LogP contribution in [-0.2, 0) is 12.8 Å². The first-order valence-corrected chi connectivity index (χ1v) is 12.3. The zero-order valence-corrected chi connectivity index (χ0v) is 20.1. The molecule has 0 spiro atoms. The summed E-state index contributed by atoms with van der Waals surface area (Å²) in [5.74, 6) is 1.62. The number of hydrogen-bond donors (Lipinski definition) is 2. The van der Waals surface area contributed by atoms with Crippen LogP contribution in [0.5, 0.6) is 5.75 Å². The quantitative estimate of drug-likeness (QED) is 0.325. The first-order chi connectivity index (χ1) is 16.6. The number of carbonyl (C=O) groups excluding carboxylic acids is 1. The number of furan rings is 1. The van der Waals surface area contributed by atoms with Crippen molar-refractivity contribution >= 4 is 28.1 Å². The number of rotatable bonds is 7. The number of carbonyl (C=O) groups is 1. The summed E-state index contributed by atoms with van der Waals surface area (Å²) in [6.45, 7) is 2.05. The van der Waals surface area contributed by atoms with E-state index >= 15 is 0 Å². The number of fused-ring (bicyclic) bond motifs is 1. The number of ether oxygens (including phenoxy) is 1. The third kappa shape index (κ3) is 4.56. The van der Waals surface area contributed by atoms with Gasteiger partial charge < -0.3 is 19.8 Å². The lowest BCUT2D eigenvalue weighted by Crippen LogP contribution is -2.19. The monoisotopic (exact) mass is 473 g/mol. The number of anilines is 2. The van der Waals surface area contributed by atoms with Gasteiger partial charge >= 0.3 is 0 Å². The Kier molecular flexibility index (Phi) is 6.36. The van der Waals surface area contributed by atoms with Gasteiger partial charge in [0.1, 0.15) is 16.6 Å². The number of pyridine rings is 1. The topological polar surface area (TPSA) is 76.4 Å². The lowest BCUT2D eigenvalue weighted by atomic mass is 9.89. The van der Waals surface area contributed by atoms with Crippen LogP contribution >= 0.6 is 11.3 Å². The van der Waals surface area contributed by atoms with Crippen LogP contribution < -0.4 is 15.4 Å².